The number of hydrogen-bond acceptors (Lipinski definition) is 4. The minimum Gasteiger partial charge on any atom is -0.354 e. The van der Waals surface area contributed by atoms with E-state index >= 15 is 0 Å². The van der Waals surface area contributed by atoms with Crippen LogP contribution < -0.4 is 11.1 Å². The molecular weight excluding hydrogens is 459 g/mol. The summed E-state index contributed by atoms with van der Waals surface area (Å²) in [6, 6.07) is 5.16. The van der Waals surface area contributed by atoms with E-state index in [0.29, 0.717) is 43.3 Å². The van der Waals surface area contributed by atoms with Crippen LogP contribution in [0.2, 0.25) is 0 Å². The average Bonchev–Trinajstić information content (AvgIpc) is 3.82. The third-order valence-corrected chi connectivity index (χ3v) is 8.61. The van der Waals surface area contributed by atoms with Gasteiger partial charge >= 0.3 is 0 Å². The molecule has 3 amide bonds. The second kappa shape index (κ2) is 10.9. The van der Waals surface area contributed by atoms with Gasteiger partial charge in [-0.15, -0.1) is 0 Å². The summed E-state index contributed by atoms with van der Waals surface area (Å²) in [5.41, 5.74) is 6.28. The molecule has 7 nitrogen and oxygen atoms in total. The van der Waals surface area contributed by atoms with Crippen LogP contribution >= 0.6 is 0 Å². The van der Waals surface area contributed by atoms with Gasteiger partial charge in [-0.25, -0.2) is 4.39 Å². The Balaban J connectivity index is 1.27. The number of nitrogens with two attached hydrogens (primary N) is 1. The molecule has 1 aromatic rings. The maximum atomic E-state index is 13.5. The number of piperidine rings is 1. The highest BCUT2D eigenvalue weighted by Crippen LogP contribution is 2.37. The van der Waals surface area contributed by atoms with Crippen molar-refractivity contribution in [2.24, 2.45) is 23.5 Å². The molecule has 4 aliphatic rings. The van der Waals surface area contributed by atoms with Gasteiger partial charge in [0, 0.05) is 36.7 Å². The lowest BCUT2D eigenvalue weighted by Crippen LogP contribution is -2.59. The maximum Gasteiger partial charge on any atom is 0.254 e. The zero-order valence-electron chi connectivity index (χ0n) is 21.0. The van der Waals surface area contributed by atoms with E-state index < -0.39 is 6.04 Å². The largest absolute Gasteiger partial charge is 0.354 e. The molecule has 1 heterocycles. The fourth-order valence-corrected chi connectivity index (χ4v) is 6.03. The van der Waals surface area contributed by atoms with Crippen LogP contribution in [0.1, 0.15) is 74.6 Å². The number of rotatable bonds is 8. The zero-order chi connectivity index (χ0) is 25.2. The molecule has 36 heavy (non-hydrogen) atoms. The molecule has 0 spiro atoms. The third-order valence-electron chi connectivity index (χ3n) is 8.61. The van der Waals surface area contributed by atoms with E-state index in [2.05, 4.69) is 5.32 Å². The number of likely N-dealkylation sites (tertiary alicyclic amines) is 1. The Morgan fingerprint density at radius 2 is 1.58 bits per heavy atom. The normalized spacial score (nSPS) is 28.4. The van der Waals surface area contributed by atoms with Gasteiger partial charge in [0.05, 0.1) is 0 Å². The fourth-order valence-electron chi connectivity index (χ4n) is 6.03. The Bertz CT molecular complexity index is 954. The summed E-state index contributed by atoms with van der Waals surface area (Å²) in [5.74, 6) is 0.592. The predicted octanol–water partition coefficient (Wildman–Crippen LogP) is 3.08. The molecule has 196 valence electrons. The maximum absolute atomic E-state index is 13.5. The summed E-state index contributed by atoms with van der Waals surface area (Å²) in [7, 11) is 0. The number of carbonyl (C=O) groups excluding carboxylic acids is 3. The molecule has 8 heteroatoms. The minimum absolute atomic E-state index is 0.0452. The smallest absolute Gasteiger partial charge is 0.254 e. The van der Waals surface area contributed by atoms with Crippen molar-refractivity contribution >= 4 is 17.7 Å². The van der Waals surface area contributed by atoms with E-state index in [4.69, 9.17) is 5.73 Å². The summed E-state index contributed by atoms with van der Waals surface area (Å²) in [5, 5.41) is 3.16. The number of nitrogens with zero attached hydrogens (tertiary/aromatic N) is 2. The zero-order valence-corrected chi connectivity index (χ0v) is 21.0. The van der Waals surface area contributed by atoms with Gasteiger partial charge in [0.15, 0.2) is 0 Å². The van der Waals surface area contributed by atoms with Crippen molar-refractivity contribution in [2.75, 3.05) is 19.6 Å². The summed E-state index contributed by atoms with van der Waals surface area (Å²) < 4.78 is 13.4. The fraction of sp³-hybridized carbons (Fsp3) is 0.679. The predicted molar refractivity (Wildman–Crippen MR) is 134 cm³/mol. The van der Waals surface area contributed by atoms with Crippen LogP contribution in [0.15, 0.2) is 24.3 Å². The summed E-state index contributed by atoms with van der Waals surface area (Å²) >= 11 is 0. The van der Waals surface area contributed by atoms with Gasteiger partial charge < -0.3 is 20.9 Å². The van der Waals surface area contributed by atoms with Crippen molar-refractivity contribution in [1.29, 1.82) is 0 Å². The molecule has 0 radical (unpaired) electrons. The molecule has 1 aromatic carbocycles. The van der Waals surface area contributed by atoms with E-state index in [9.17, 15) is 18.8 Å². The van der Waals surface area contributed by atoms with Gasteiger partial charge in [0.2, 0.25) is 11.8 Å². The number of halogens is 1. The molecule has 3 aliphatic carbocycles. The van der Waals surface area contributed by atoms with Gasteiger partial charge in [-0.3, -0.25) is 14.4 Å². The first kappa shape index (κ1) is 25.2. The lowest BCUT2D eigenvalue weighted by Gasteiger charge is -2.43. The number of carbonyl (C=O) groups is 3. The number of nitrogens with one attached hydrogen (secondary N) is 1. The molecule has 4 fully saturated rings. The minimum atomic E-state index is -0.556. The van der Waals surface area contributed by atoms with Crippen molar-refractivity contribution in [3.63, 3.8) is 0 Å². The topological polar surface area (TPSA) is 95.7 Å². The van der Waals surface area contributed by atoms with Crippen LogP contribution in [0.4, 0.5) is 4.39 Å². The van der Waals surface area contributed by atoms with Crippen molar-refractivity contribution < 1.29 is 18.8 Å². The van der Waals surface area contributed by atoms with Crippen molar-refractivity contribution in [2.45, 2.75) is 82.3 Å². The molecule has 0 bridgehead atoms. The number of benzene rings is 1. The Hall–Kier alpha value is -2.48. The monoisotopic (exact) mass is 498 g/mol. The Morgan fingerprint density at radius 3 is 2.19 bits per heavy atom. The molecule has 5 rings (SSSR count). The molecule has 1 unspecified atom stereocenters. The van der Waals surface area contributed by atoms with Gasteiger partial charge in [-0.05, 0) is 107 Å². The molecule has 3 N–H and O–H groups in total. The van der Waals surface area contributed by atoms with E-state index in [0.717, 1.165) is 57.9 Å². The van der Waals surface area contributed by atoms with Crippen LogP contribution in [0.25, 0.3) is 0 Å². The first-order valence-electron chi connectivity index (χ1n) is 13.8. The van der Waals surface area contributed by atoms with Gasteiger partial charge in [0.25, 0.3) is 5.91 Å². The Labute approximate surface area is 212 Å². The lowest BCUT2D eigenvalue weighted by molar-refractivity contribution is -0.144. The number of hydrogen-bond donors (Lipinski definition) is 2. The van der Waals surface area contributed by atoms with E-state index in [1.165, 1.54) is 24.3 Å². The summed E-state index contributed by atoms with van der Waals surface area (Å²) in [6.07, 6.45) is 9.15. The Morgan fingerprint density at radius 1 is 0.917 bits per heavy atom. The molecule has 1 saturated heterocycles. The highest BCUT2D eigenvalue weighted by Gasteiger charge is 2.46. The SMILES string of the molecule is NCC1CCC(CNC(=O)[C@H]2CC(N(C(=O)c3ccc(F)cc3)C3CC3)CCN2C(=O)C2CC2)CC1. The van der Waals surface area contributed by atoms with Crippen LogP contribution in [-0.4, -0.2) is 65.3 Å². The van der Waals surface area contributed by atoms with Crippen LogP contribution in [0, 0.1) is 23.6 Å². The van der Waals surface area contributed by atoms with E-state index in [-0.39, 0.29) is 41.5 Å². The summed E-state index contributed by atoms with van der Waals surface area (Å²) in [4.78, 5) is 43.7. The molecule has 0 aromatic heterocycles. The first-order chi connectivity index (χ1) is 17.4. The molecular formula is C28H39FN4O3. The van der Waals surface area contributed by atoms with Crippen LogP contribution in [-0.2, 0) is 9.59 Å². The van der Waals surface area contributed by atoms with Crippen molar-refractivity contribution in [3.8, 4) is 0 Å². The summed E-state index contributed by atoms with van der Waals surface area (Å²) in [6.45, 7) is 1.85. The second-order valence-corrected chi connectivity index (χ2v) is 11.3. The van der Waals surface area contributed by atoms with Gasteiger partial charge in [0.1, 0.15) is 11.9 Å². The van der Waals surface area contributed by atoms with Crippen molar-refractivity contribution in [1.82, 2.24) is 15.1 Å². The molecule has 3 saturated carbocycles. The van der Waals surface area contributed by atoms with Crippen LogP contribution in [0.5, 0.6) is 0 Å². The van der Waals surface area contributed by atoms with Crippen molar-refractivity contribution in [3.05, 3.63) is 35.6 Å². The average molecular weight is 499 g/mol. The van der Waals surface area contributed by atoms with Gasteiger partial charge in [-0.1, -0.05) is 0 Å². The molecule has 1 aliphatic heterocycles. The van der Waals surface area contributed by atoms with Crippen LogP contribution in [0.3, 0.4) is 0 Å². The second-order valence-electron chi connectivity index (χ2n) is 11.3. The van der Waals surface area contributed by atoms with E-state index in [1.54, 1.807) is 4.90 Å². The quantitative estimate of drug-likeness (QED) is 0.576. The van der Waals surface area contributed by atoms with Gasteiger partial charge in [-0.2, -0.15) is 0 Å². The third kappa shape index (κ3) is 5.74. The first-order valence-corrected chi connectivity index (χ1v) is 13.8. The lowest BCUT2D eigenvalue weighted by atomic mass is 9.82. The highest BCUT2D eigenvalue weighted by molar-refractivity contribution is 5.95. The Kier molecular flexibility index (Phi) is 7.60. The van der Waals surface area contributed by atoms with E-state index in [1.807, 2.05) is 4.90 Å². The highest BCUT2D eigenvalue weighted by atomic mass is 19.1. The molecule has 2 atom stereocenters. The number of amides is 3. The standard InChI is InChI=1S/C28H39FN4O3/c29-22-9-7-21(8-10-22)28(36)33(23-11-12-23)24-13-14-32(27(35)20-5-6-20)25(15-24)26(34)31-17-19-3-1-18(16-30)2-4-19/h7-10,18-20,23-25H,1-6,11-17,30H2,(H,31,34)/t18?,19?,24?,25-/m1/s1.